The van der Waals surface area contributed by atoms with Crippen LogP contribution < -0.4 is 5.32 Å². The van der Waals surface area contributed by atoms with Crippen molar-refractivity contribution in [1.29, 1.82) is 0 Å². The fourth-order valence-electron chi connectivity index (χ4n) is 2.31. The lowest BCUT2D eigenvalue weighted by Crippen LogP contribution is -2.49. The van der Waals surface area contributed by atoms with E-state index in [-0.39, 0.29) is 12.4 Å². The van der Waals surface area contributed by atoms with E-state index in [9.17, 15) is 0 Å². The first-order valence-corrected chi connectivity index (χ1v) is 6.17. The standard InChI is InChI=1S/C14H22N2.ClH/c1-11-4-5-12(2)14(8-11)10-16-7-6-15-9-13(16)3;/h4-5,8,13,15H,6-7,9-10H2,1-3H3;1H. The molecule has 3 heteroatoms. The molecule has 0 spiro atoms. The van der Waals surface area contributed by atoms with Gasteiger partial charge in [0, 0.05) is 32.2 Å². The van der Waals surface area contributed by atoms with Gasteiger partial charge in [-0.25, -0.2) is 0 Å². The highest BCUT2D eigenvalue weighted by Gasteiger charge is 2.18. The Morgan fingerprint density at radius 2 is 2.12 bits per heavy atom. The van der Waals surface area contributed by atoms with Crippen LogP contribution in [0.5, 0.6) is 0 Å². The fraction of sp³-hybridized carbons (Fsp3) is 0.571. The Kier molecular flexibility index (Phi) is 5.44. The van der Waals surface area contributed by atoms with E-state index in [1.165, 1.54) is 16.7 Å². The van der Waals surface area contributed by atoms with Gasteiger partial charge in [-0.1, -0.05) is 23.8 Å². The summed E-state index contributed by atoms with van der Waals surface area (Å²) in [6.45, 7) is 11.2. The first kappa shape index (κ1) is 14.5. The van der Waals surface area contributed by atoms with E-state index in [1.807, 2.05) is 0 Å². The van der Waals surface area contributed by atoms with E-state index in [0.717, 1.165) is 26.2 Å². The Bertz CT molecular complexity index is 365. The molecular weight excluding hydrogens is 232 g/mol. The summed E-state index contributed by atoms with van der Waals surface area (Å²) in [7, 11) is 0. The minimum absolute atomic E-state index is 0. The molecule has 1 atom stereocenters. The summed E-state index contributed by atoms with van der Waals surface area (Å²) in [5.41, 5.74) is 4.26. The highest BCUT2D eigenvalue weighted by molar-refractivity contribution is 5.85. The maximum atomic E-state index is 3.43. The van der Waals surface area contributed by atoms with Gasteiger partial charge in [0.1, 0.15) is 0 Å². The molecule has 1 aliphatic rings. The van der Waals surface area contributed by atoms with Crippen LogP contribution in [-0.2, 0) is 6.54 Å². The van der Waals surface area contributed by atoms with E-state index in [4.69, 9.17) is 0 Å². The summed E-state index contributed by atoms with van der Waals surface area (Å²) in [4.78, 5) is 2.57. The number of piperazine rings is 1. The van der Waals surface area contributed by atoms with Gasteiger partial charge in [0.2, 0.25) is 0 Å². The highest BCUT2D eigenvalue weighted by Crippen LogP contribution is 2.15. The summed E-state index contributed by atoms with van der Waals surface area (Å²) in [6, 6.07) is 7.40. The molecule has 1 aromatic carbocycles. The summed E-state index contributed by atoms with van der Waals surface area (Å²) in [6.07, 6.45) is 0. The van der Waals surface area contributed by atoms with Gasteiger partial charge in [-0.2, -0.15) is 0 Å². The number of nitrogens with one attached hydrogen (secondary N) is 1. The average molecular weight is 255 g/mol. The van der Waals surface area contributed by atoms with Crippen LogP contribution in [-0.4, -0.2) is 30.6 Å². The Labute approximate surface area is 111 Å². The van der Waals surface area contributed by atoms with Gasteiger partial charge >= 0.3 is 0 Å². The highest BCUT2D eigenvalue weighted by atomic mass is 35.5. The molecule has 0 saturated carbocycles. The number of aryl methyl sites for hydroxylation is 2. The normalized spacial score (nSPS) is 21.0. The molecule has 0 radical (unpaired) electrons. The molecule has 1 heterocycles. The maximum absolute atomic E-state index is 3.43. The van der Waals surface area contributed by atoms with Gasteiger partial charge in [0.05, 0.1) is 0 Å². The van der Waals surface area contributed by atoms with Gasteiger partial charge in [-0.15, -0.1) is 12.4 Å². The average Bonchev–Trinajstić information content (AvgIpc) is 2.27. The molecule has 2 nitrogen and oxygen atoms in total. The van der Waals surface area contributed by atoms with Crippen molar-refractivity contribution < 1.29 is 0 Å². The first-order valence-electron chi connectivity index (χ1n) is 6.17. The molecule has 0 amide bonds. The Balaban J connectivity index is 0.00000144. The lowest BCUT2D eigenvalue weighted by Gasteiger charge is -2.34. The van der Waals surface area contributed by atoms with Crippen molar-refractivity contribution >= 4 is 12.4 Å². The molecule has 1 N–H and O–H groups in total. The molecule has 1 unspecified atom stereocenters. The molecule has 0 aliphatic carbocycles. The Morgan fingerprint density at radius 1 is 1.35 bits per heavy atom. The third-order valence-electron chi connectivity index (χ3n) is 3.52. The lowest BCUT2D eigenvalue weighted by molar-refractivity contribution is 0.165. The van der Waals surface area contributed by atoms with Crippen LogP contribution in [0.1, 0.15) is 23.6 Å². The maximum Gasteiger partial charge on any atom is 0.0240 e. The molecule has 1 fully saturated rings. The van der Waals surface area contributed by atoms with E-state index in [2.05, 4.69) is 49.2 Å². The number of hydrogen-bond acceptors (Lipinski definition) is 2. The third kappa shape index (κ3) is 3.70. The minimum atomic E-state index is 0. The largest absolute Gasteiger partial charge is 0.314 e. The predicted molar refractivity (Wildman–Crippen MR) is 75.9 cm³/mol. The first-order chi connectivity index (χ1) is 7.66. The van der Waals surface area contributed by atoms with Crippen molar-refractivity contribution in [2.45, 2.75) is 33.4 Å². The van der Waals surface area contributed by atoms with Crippen LogP contribution in [0.3, 0.4) is 0 Å². The molecule has 2 rings (SSSR count). The molecule has 0 aromatic heterocycles. The zero-order chi connectivity index (χ0) is 11.5. The van der Waals surface area contributed by atoms with E-state index >= 15 is 0 Å². The summed E-state index contributed by atoms with van der Waals surface area (Å²) >= 11 is 0. The number of nitrogens with zero attached hydrogens (tertiary/aromatic N) is 1. The van der Waals surface area contributed by atoms with Crippen LogP contribution in [0.2, 0.25) is 0 Å². The number of benzene rings is 1. The summed E-state index contributed by atoms with van der Waals surface area (Å²) < 4.78 is 0. The number of halogens is 1. The second-order valence-electron chi connectivity index (χ2n) is 4.95. The lowest BCUT2D eigenvalue weighted by atomic mass is 10.0. The van der Waals surface area contributed by atoms with E-state index < -0.39 is 0 Å². The summed E-state index contributed by atoms with van der Waals surface area (Å²) in [5, 5.41) is 3.43. The smallest absolute Gasteiger partial charge is 0.0240 e. The van der Waals surface area contributed by atoms with Crippen LogP contribution in [0, 0.1) is 13.8 Å². The summed E-state index contributed by atoms with van der Waals surface area (Å²) in [5.74, 6) is 0. The Hall–Kier alpha value is -0.570. The van der Waals surface area contributed by atoms with Crippen molar-refractivity contribution in [2.75, 3.05) is 19.6 Å². The zero-order valence-electron chi connectivity index (χ0n) is 11.0. The van der Waals surface area contributed by atoms with Crippen LogP contribution in [0.15, 0.2) is 18.2 Å². The van der Waals surface area contributed by atoms with Crippen molar-refractivity contribution in [3.8, 4) is 0 Å². The molecule has 17 heavy (non-hydrogen) atoms. The van der Waals surface area contributed by atoms with Gasteiger partial charge in [0.25, 0.3) is 0 Å². The van der Waals surface area contributed by atoms with Crippen molar-refractivity contribution in [3.63, 3.8) is 0 Å². The van der Waals surface area contributed by atoms with E-state index in [1.54, 1.807) is 0 Å². The second kappa shape index (κ2) is 6.39. The molecular formula is C14H23ClN2. The minimum Gasteiger partial charge on any atom is -0.314 e. The molecule has 1 saturated heterocycles. The topological polar surface area (TPSA) is 15.3 Å². The van der Waals surface area contributed by atoms with Gasteiger partial charge < -0.3 is 5.32 Å². The van der Waals surface area contributed by atoms with Crippen molar-refractivity contribution in [3.05, 3.63) is 34.9 Å². The zero-order valence-corrected chi connectivity index (χ0v) is 11.8. The molecule has 0 bridgehead atoms. The quantitative estimate of drug-likeness (QED) is 0.873. The number of hydrogen-bond donors (Lipinski definition) is 1. The number of rotatable bonds is 2. The van der Waals surface area contributed by atoms with Gasteiger partial charge in [0.15, 0.2) is 0 Å². The van der Waals surface area contributed by atoms with Crippen LogP contribution >= 0.6 is 12.4 Å². The third-order valence-corrected chi connectivity index (χ3v) is 3.52. The van der Waals surface area contributed by atoms with Crippen molar-refractivity contribution in [1.82, 2.24) is 10.2 Å². The Morgan fingerprint density at radius 3 is 2.82 bits per heavy atom. The van der Waals surface area contributed by atoms with Gasteiger partial charge in [-0.05, 0) is 31.9 Å². The van der Waals surface area contributed by atoms with E-state index in [0.29, 0.717) is 6.04 Å². The van der Waals surface area contributed by atoms with Gasteiger partial charge in [-0.3, -0.25) is 4.90 Å². The SMILES string of the molecule is Cc1ccc(C)c(CN2CCNCC2C)c1.Cl. The predicted octanol–water partition coefficient (Wildman–Crippen LogP) is 2.52. The fourth-order valence-corrected chi connectivity index (χ4v) is 2.31. The van der Waals surface area contributed by atoms with Crippen LogP contribution in [0.25, 0.3) is 0 Å². The molecule has 1 aromatic rings. The monoisotopic (exact) mass is 254 g/mol. The second-order valence-corrected chi connectivity index (χ2v) is 4.95. The molecule has 1 aliphatic heterocycles. The van der Waals surface area contributed by atoms with Crippen molar-refractivity contribution in [2.24, 2.45) is 0 Å². The van der Waals surface area contributed by atoms with Crippen LogP contribution in [0.4, 0.5) is 0 Å². The molecule has 96 valence electrons.